The molecular formula is C17H20FNO5S. The number of benzene rings is 2. The molecule has 0 saturated heterocycles. The monoisotopic (exact) mass is 369 g/mol. The topological polar surface area (TPSA) is 73.9 Å². The molecule has 0 bridgehead atoms. The van der Waals surface area contributed by atoms with Crippen LogP contribution in [0.2, 0.25) is 0 Å². The van der Waals surface area contributed by atoms with Crippen LogP contribution in [0, 0.1) is 5.82 Å². The van der Waals surface area contributed by atoms with Crippen LogP contribution in [0.15, 0.2) is 41.3 Å². The van der Waals surface area contributed by atoms with Crippen molar-refractivity contribution in [1.29, 1.82) is 0 Å². The maximum Gasteiger partial charge on any atom is 0.241 e. The summed E-state index contributed by atoms with van der Waals surface area (Å²) >= 11 is 0. The standard InChI is InChI=1S/C17H20FNO5S/c1-11(12-5-7-16(23-3)17(9-12)24-4)19-25(20,21)13-6-8-15(22-2)14(18)10-13/h5-11,19H,1-4H3/t11-/m1/s1. The van der Waals surface area contributed by atoms with E-state index in [-0.39, 0.29) is 10.6 Å². The second-order valence-electron chi connectivity index (χ2n) is 5.25. The van der Waals surface area contributed by atoms with E-state index in [4.69, 9.17) is 14.2 Å². The highest BCUT2D eigenvalue weighted by Gasteiger charge is 2.21. The van der Waals surface area contributed by atoms with Gasteiger partial charge in [-0.25, -0.2) is 17.5 Å². The van der Waals surface area contributed by atoms with Gasteiger partial charge in [-0.05, 0) is 42.8 Å². The summed E-state index contributed by atoms with van der Waals surface area (Å²) in [5.41, 5.74) is 0.676. The first kappa shape index (κ1) is 19.0. The van der Waals surface area contributed by atoms with Gasteiger partial charge in [0, 0.05) is 6.04 Å². The SMILES string of the molecule is COc1ccc(S(=O)(=O)N[C@H](C)c2ccc(OC)c(OC)c2)cc1F. The van der Waals surface area contributed by atoms with Gasteiger partial charge in [0.15, 0.2) is 23.1 Å². The molecule has 0 unspecified atom stereocenters. The van der Waals surface area contributed by atoms with Crippen molar-refractivity contribution in [3.8, 4) is 17.2 Å². The number of ether oxygens (including phenoxy) is 3. The maximum absolute atomic E-state index is 13.8. The predicted octanol–water partition coefficient (Wildman–Crippen LogP) is 2.89. The van der Waals surface area contributed by atoms with E-state index < -0.39 is 21.9 Å². The van der Waals surface area contributed by atoms with Crippen LogP contribution < -0.4 is 18.9 Å². The maximum atomic E-state index is 13.8. The van der Waals surface area contributed by atoms with Crippen LogP contribution in [0.5, 0.6) is 17.2 Å². The number of nitrogens with one attached hydrogen (secondary N) is 1. The molecular weight excluding hydrogens is 349 g/mol. The summed E-state index contributed by atoms with van der Waals surface area (Å²) in [4.78, 5) is -0.182. The van der Waals surface area contributed by atoms with E-state index in [1.54, 1.807) is 25.1 Å². The predicted molar refractivity (Wildman–Crippen MR) is 91.2 cm³/mol. The fraction of sp³-hybridized carbons (Fsp3) is 0.294. The zero-order valence-electron chi connectivity index (χ0n) is 14.4. The van der Waals surface area contributed by atoms with Gasteiger partial charge in [-0.1, -0.05) is 6.07 Å². The summed E-state index contributed by atoms with van der Waals surface area (Å²) in [5, 5.41) is 0. The lowest BCUT2D eigenvalue weighted by atomic mass is 10.1. The lowest BCUT2D eigenvalue weighted by Crippen LogP contribution is -2.27. The molecule has 2 rings (SSSR count). The van der Waals surface area contributed by atoms with Crippen molar-refractivity contribution in [1.82, 2.24) is 4.72 Å². The van der Waals surface area contributed by atoms with Gasteiger partial charge in [-0.2, -0.15) is 0 Å². The van der Waals surface area contributed by atoms with Crippen LogP contribution in [0.1, 0.15) is 18.5 Å². The summed E-state index contributed by atoms with van der Waals surface area (Å²) in [7, 11) is 0.414. The van der Waals surface area contributed by atoms with Gasteiger partial charge in [0.2, 0.25) is 10.0 Å². The zero-order chi connectivity index (χ0) is 18.6. The van der Waals surface area contributed by atoms with Crippen molar-refractivity contribution in [3.05, 3.63) is 47.8 Å². The van der Waals surface area contributed by atoms with Crippen LogP contribution in [-0.2, 0) is 10.0 Å². The summed E-state index contributed by atoms with van der Waals surface area (Å²) in [6, 6.07) is 8.00. The minimum absolute atomic E-state index is 0.0214. The van der Waals surface area contributed by atoms with Crippen molar-refractivity contribution in [2.24, 2.45) is 0 Å². The van der Waals surface area contributed by atoms with Gasteiger partial charge in [-0.3, -0.25) is 0 Å². The number of methoxy groups -OCH3 is 3. The van der Waals surface area contributed by atoms with Gasteiger partial charge in [0.25, 0.3) is 0 Å². The first-order chi connectivity index (χ1) is 11.8. The molecule has 2 aromatic carbocycles. The van der Waals surface area contributed by atoms with Crippen LogP contribution in [0.25, 0.3) is 0 Å². The molecule has 0 aliphatic heterocycles. The molecule has 0 saturated carbocycles. The highest BCUT2D eigenvalue weighted by atomic mass is 32.2. The molecule has 8 heteroatoms. The Hall–Kier alpha value is -2.32. The molecule has 25 heavy (non-hydrogen) atoms. The molecule has 0 aliphatic rings. The van der Waals surface area contributed by atoms with Gasteiger partial charge in [0.1, 0.15) is 0 Å². The molecule has 0 aliphatic carbocycles. The van der Waals surface area contributed by atoms with Gasteiger partial charge >= 0.3 is 0 Å². The Kier molecular flexibility index (Phi) is 5.86. The smallest absolute Gasteiger partial charge is 0.241 e. The van der Waals surface area contributed by atoms with Crippen LogP contribution >= 0.6 is 0 Å². The molecule has 0 spiro atoms. The molecule has 136 valence electrons. The molecule has 0 heterocycles. The van der Waals surface area contributed by atoms with Crippen LogP contribution in [0.4, 0.5) is 4.39 Å². The Balaban J connectivity index is 2.26. The molecule has 1 N–H and O–H groups in total. The molecule has 1 atom stereocenters. The van der Waals surface area contributed by atoms with Crippen LogP contribution in [0.3, 0.4) is 0 Å². The second-order valence-corrected chi connectivity index (χ2v) is 6.97. The Labute approximate surface area is 146 Å². The Morgan fingerprint density at radius 1 is 0.920 bits per heavy atom. The number of hydrogen-bond acceptors (Lipinski definition) is 5. The lowest BCUT2D eigenvalue weighted by molar-refractivity contribution is 0.354. The van der Waals surface area contributed by atoms with E-state index in [9.17, 15) is 12.8 Å². The van der Waals surface area contributed by atoms with Gasteiger partial charge in [-0.15, -0.1) is 0 Å². The first-order valence-corrected chi connectivity index (χ1v) is 8.88. The Morgan fingerprint density at radius 3 is 2.08 bits per heavy atom. The van der Waals surface area contributed by atoms with Crippen molar-refractivity contribution >= 4 is 10.0 Å². The second kappa shape index (κ2) is 7.71. The number of rotatable bonds is 7. The van der Waals surface area contributed by atoms with Gasteiger partial charge in [0.05, 0.1) is 26.2 Å². The zero-order valence-corrected chi connectivity index (χ0v) is 15.2. The number of sulfonamides is 1. The molecule has 6 nitrogen and oxygen atoms in total. The Morgan fingerprint density at radius 2 is 1.52 bits per heavy atom. The molecule has 2 aromatic rings. The van der Waals surface area contributed by atoms with E-state index in [1.165, 1.54) is 33.5 Å². The Bertz CT molecular complexity index is 854. The van der Waals surface area contributed by atoms with E-state index in [1.807, 2.05) is 0 Å². The normalized spacial score (nSPS) is 12.5. The molecule has 0 amide bonds. The first-order valence-electron chi connectivity index (χ1n) is 7.40. The van der Waals surface area contributed by atoms with Crippen molar-refractivity contribution in [3.63, 3.8) is 0 Å². The third-order valence-electron chi connectivity index (χ3n) is 3.67. The average Bonchev–Trinajstić information content (AvgIpc) is 2.60. The van der Waals surface area contributed by atoms with E-state index in [2.05, 4.69) is 4.72 Å². The minimum Gasteiger partial charge on any atom is -0.494 e. The van der Waals surface area contributed by atoms with Crippen molar-refractivity contribution < 1.29 is 27.0 Å². The number of halogens is 1. The summed E-state index contributed by atoms with van der Waals surface area (Å²) in [5.74, 6) is 0.260. The van der Waals surface area contributed by atoms with E-state index >= 15 is 0 Å². The third-order valence-corrected chi connectivity index (χ3v) is 5.21. The summed E-state index contributed by atoms with van der Waals surface area (Å²) < 4.78 is 56.4. The van der Waals surface area contributed by atoms with Gasteiger partial charge < -0.3 is 14.2 Å². The highest BCUT2D eigenvalue weighted by Crippen LogP contribution is 2.30. The van der Waals surface area contributed by atoms with Crippen molar-refractivity contribution in [2.45, 2.75) is 17.9 Å². The minimum atomic E-state index is -3.91. The van der Waals surface area contributed by atoms with Crippen LogP contribution in [-0.4, -0.2) is 29.7 Å². The quantitative estimate of drug-likeness (QED) is 0.812. The van der Waals surface area contributed by atoms with E-state index in [0.29, 0.717) is 17.1 Å². The molecule has 0 fully saturated rings. The van der Waals surface area contributed by atoms with Crippen molar-refractivity contribution in [2.75, 3.05) is 21.3 Å². The third kappa shape index (κ3) is 4.21. The largest absolute Gasteiger partial charge is 0.494 e. The fourth-order valence-corrected chi connectivity index (χ4v) is 3.55. The highest BCUT2D eigenvalue weighted by molar-refractivity contribution is 7.89. The molecule has 0 radical (unpaired) electrons. The lowest BCUT2D eigenvalue weighted by Gasteiger charge is -2.17. The summed E-state index contributed by atoms with van der Waals surface area (Å²) in [6.07, 6.45) is 0. The average molecular weight is 369 g/mol. The number of hydrogen-bond donors (Lipinski definition) is 1. The summed E-state index contributed by atoms with van der Waals surface area (Å²) in [6.45, 7) is 1.68. The van der Waals surface area contributed by atoms with E-state index in [0.717, 1.165) is 6.07 Å². The fourth-order valence-electron chi connectivity index (χ4n) is 2.31. The molecule has 0 aromatic heterocycles.